The maximum atomic E-state index is 12.9. The molecule has 0 N–H and O–H groups in total. The van der Waals surface area contributed by atoms with Crippen LogP contribution in [0.5, 0.6) is 0 Å². The van der Waals surface area contributed by atoms with Crippen molar-refractivity contribution in [3.05, 3.63) is 71.3 Å². The van der Waals surface area contributed by atoms with Gasteiger partial charge in [-0.05, 0) is 23.3 Å². The largest absolute Gasteiger partial charge is 0.468 e. The highest BCUT2D eigenvalue weighted by molar-refractivity contribution is 6.06. The lowest BCUT2D eigenvalue weighted by atomic mass is 10.0. The molecular weight excluding hydrogens is 358 g/mol. The number of nitriles is 1. The number of methoxy groups -OCH3 is 1. The van der Waals surface area contributed by atoms with Crippen molar-refractivity contribution in [3.63, 3.8) is 0 Å². The summed E-state index contributed by atoms with van der Waals surface area (Å²) in [6.45, 7) is -0.159. The predicted molar refractivity (Wildman–Crippen MR) is 99.8 cm³/mol. The molecule has 1 heterocycles. The van der Waals surface area contributed by atoms with Gasteiger partial charge in [-0.15, -0.1) is 0 Å². The lowest BCUT2D eigenvalue weighted by Gasteiger charge is -2.22. The summed E-state index contributed by atoms with van der Waals surface area (Å²) in [6, 6.07) is 17.0. The van der Waals surface area contributed by atoms with Crippen LogP contribution < -0.4 is 0 Å². The fourth-order valence-corrected chi connectivity index (χ4v) is 3.13. The molecule has 1 unspecified atom stereocenters. The van der Waals surface area contributed by atoms with E-state index >= 15 is 0 Å². The van der Waals surface area contributed by atoms with Crippen LogP contribution in [0.3, 0.4) is 0 Å². The van der Waals surface area contributed by atoms with Crippen molar-refractivity contribution in [2.24, 2.45) is 0 Å². The molecule has 0 bridgehead atoms. The van der Waals surface area contributed by atoms with Crippen LogP contribution in [0.25, 0.3) is 0 Å². The minimum Gasteiger partial charge on any atom is -0.468 e. The molecule has 1 aliphatic heterocycles. The van der Waals surface area contributed by atoms with Gasteiger partial charge in [-0.2, -0.15) is 5.26 Å². The third-order valence-electron chi connectivity index (χ3n) is 4.63. The second-order valence-electron chi connectivity index (χ2n) is 6.43. The molecule has 0 aliphatic carbocycles. The van der Waals surface area contributed by atoms with Crippen LogP contribution in [0.4, 0.5) is 4.79 Å². The first-order valence-electron chi connectivity index (χ1n) is 8.75. The fraction of sp³-hybridized carbons (Fsp3) is 0.238. The van der Waals surface area contributed by atoms with E-state index in [0.717, 1.165) is 16.0 Å². The maximum absolute atomic E-state index is 12.9. The summed E-state index contributed by atoms with van der Waals surface area (Å²) in [5, 5.41) is 8.93. The van der Waals surface area contributed by atoms with E-state index in [4.69, 9.17) is 5.26 Å². The molecule has 3 rings (SSSR count). The first kappa shape index (κ1) is 19.1. The number of carbonyl (C=O) groups is 3. The minimum atomic E-state index is -0.731. The SMILES string of the molecule is COC(=O)CN1C(=O)C(Cc2ccc(C#N)cc2)N(Cc2ccccc2)C1=O. The number of benzene rings is 2. The van der Waals surface area contributed by atoms with Gasteiger partial charge in [-0.1, -0.05) is 42.5 Å². The van der Waals surface area contributed by atoms with Crippen LogP contribution in [0.2, 0.25) is 0 Å². The molecule has 2 aromatic carbocycles. The number of amides is 3. The number of hydrogen-bond acceptors (Lipinski definition) is 5. The molecule has 2 aromatic rings. The third-order valence-corrected chi connectivity index (χ3v) is 4.63. The zero-order valence-electron chi connectivity index (χ0n) is 15.4. The highest BCUT2D eigenvalue weighted by atomic mass is 16.5. The smallest absolute Gasteiger partial charge is 0.328 e. The van der Waals surface area contributed by atoms with Crippen LogP contribution in [0, 0.1) is 11.3 Å². The van der Waals surface area contributed by atoms with Gasteiger partial charge in [-0.25, -0.2) is 4.79 Å². The first-order chi connectivity index (χ1) is 13.5. The summed E-state index contributed by atoms with van der Waals surface area (Å²) in [5.41, 5.74) is 2.22. The van der Waals surface area contributed by atoms with Gasteiger partial charge in [0, 0.05) is 13.0 Å². The second-order valence-corrected chi connectivity index (χ2v) is 6.43. The number of esters is 1. The number of hydrogen-bond donors (Lipinski definition) is 0. The van der Waals surface area contributed by atoms with Crippen molar-refractivity contribution in [2.75, 3.05) is 13.7 Å². The van der Waals surface area contributed by atoms with Crippen molar-refractivity contribution in [1.82, 2.24) is 9.80 Å². The third kappa shape index (κ3) is 4.01. The summed E-state index contributed by atoms with van der Waals surface area (Å²) < 4.78 is 4.61. The summed E-state index contributed by atoms with van der Waals surface area (Å²) in [5.74, 6) is -1.09. The van der Waals surface area contributed by atoms with E-state index in [2.05, 4.69) is 4.74 Å². The van der Waals surface area contributed by atoms with E-state index in [1.165, 1.54) is 12.0 Å². The normalized spacial score (nSPS) is 16.2. The Labute approximate surface area is 162 Å². The highest BCUT2D eigenvalue weighted by Crippen LogP contribution is 2.24. The molecule has 0 aromatic heterocycles. The van der Waals surface area contributed by atoms with Crippen LogP contribution >= 0.6 is 0 Å². The van der Waals surface area contributed by atoms with Crippen LogP contribution in [0.15, 0.2) is 54.6 Å². The molecule has 142 valence electrons. The summed E-state index contributed by atoms with van der Waals surface area (Å²) in [7, 11) is 1.21. The predicted octanol–water partition coefficient (Wildman–Crippen LogP) is 2.11. The Balaban J connectivity index is 1.87. The molecular formula is C21H19N3O4. The average Bonchev–Trinajstić information content (AvgIpc) is 2.93. The molecule has 0 radical (unpaired) electrons. The topological polar surface area (TPSA) is 90.7 Å². The highest BCUT2D eigenvalue weighted by Gasteiger charge is 2.45. The molecule has 1 atom stereocenters. The van der Waals surface area contributed by atoms with Gasteiger partial charge in [0.15, 0.2) is 0 Å². The van der Waals surface area contributed by atoms with Crippen LogP contribution in [0.1, 0.15) is 16.7 Å². The van der Waals surface area contributed by atoms with Gasteiger partial charge in [0.25, 0.3) is 5.91 Å². The molecule has 3 amide bonds. The van der Waals surface area contributed by atoms with Gasteiger partial charge >= 0.3 is 12.0 Å². The Morgan fingerprint density at radius 1 is 1.07 bits per heavy atom. The standard InChI is InChI=1S/C21H19N3O4/c1-28-19(25)14-24-20(26)18(11-15-7-9-16(12-22)10-8-15)23(21(24)27)13-17-5-3-2-4-6-17/h2-10,18H,11,13-14H2,1H3. The summed E-state index contributed by atoms with van der Waals surface area (Å²) in [4.78, 5) is 39.8. The molecule has 1 fully saturated rings. The second kappa shape index (κ2) is 8.35. The first-order valence-corrected chi connectivity index (χ1v) is 8.75. The monoisotopic (exact) mass is 377 g/mol. The number of ether oxygens (including phenoxy) is 1. The van der Waals surface area contributed by atoms with Gasteiger partial charge in [-0.3, -0.25) is 14.5 Å². The van der Waals surface area contributed by atoms with E-state index in [9.17, 15) is 14.4 Å². The lowest BCUT2D eigenvalue weighted by Crippen LogP contribution is -2.37. The van der Waals surface area contributed by atoms with Gasteiger partial charge in [0.1, 0.15) is 12.6 Å². The number of rotatable bonds is 6. The Hall–Kier alpha value is -3.66. The zero-order valence-corrected chi connectivity index (χ0v) is 15.4. The molecule has 7 heteroatoms. The van der Waals surface area contributed by atoms with E-state index in [0.29, 0.717) is 12.0 Å². The van der Waals surface area contributed by atoms with E-state index < -0.39 is 30.5 Å². The molecule has 28 heavy (non-hydrogen) atoms. The van der Waals surface area contributed by atoms with E-state index in [1.807, 2.05) is 36.4 Å². The molecule has 1 aliphatic rings. The van der Waals surface area contributed by atoms with Crippen LogP contribution in [-0.2, 0) is 27.3 Å². The lowest BCUT2D eigenvalue weighted by molar-refractivity contribution is -0.144. The average molecular weight is 377 g/mol. The summed E-state index contributed by atoms with van der Waals surface area (Å²) in [6.07, 6.45) is 0.292. The van der Waals surface area contributed by atoms with Crippen molar-refractivity contribution >= 4 is 17.9 Å². The number of urea groups is 1. The maximum Gasteiger partial charge on any atom is 0.328 e. The number of nitrogens with zero attached hydrogens (tertiary/aromatic N) is 3. The number of carbonyl (C=O) groups excluding carboxylic acids is 3. The van der Waals surface area contributed by atoms with Crippen molar-refractivity contribution in [3.8, 4) is 6.07 Å². The molecule has 7 nitrogen and oxygen atoms in total. The van der Waals surface area contributed by atoms with Gasteiger partial charge in [0.05, 0.1) is 18.7 Å². The van der Waals surface area contributed by atoms with Gasteiger partial charge < -0.3 is 9.64 Å². The Kier molecular flexibility index (Phi) is 5.70. The minimum absolute atomic E-state index is 0.254. The Bertz CT molecular complexity index is 919. The van der Waals surface area contributed by atoms with Crippen molar-refractivity contribution in [1.29, 1.82) is 5.26 Å². The fourth-order valence-electron chi connectivity index (χ4n) is 3.13. The molecule has 1 saturated heterocycles. The Morgan fingerprint density at radius 3 is 2.36 bits per heavy atom. The Morgan fingerprint density at radius 2 is 1.75 bits per heavy atom. The van der Waals surface area contributed by atoms with Crippen LogP contribution in [-0.4, -0.2) is 47.4 Å². The van der Waals surface area contributed by atoms with E-state index in [-0.39, 0.29) is 6.54 Å². The van der Waals surface area contributed by atoms with E-state index in [1.54, 1.807) is 24.3 Å². The van der Waals surface area contributed by atoms with Crippen molar-refractivity contribution < 1.29 is 19.1 Å². The van der Waals surface area contributed by atoms with Gasteiger partial charge in [0.2, 0.25) is 0 Å². The zero-order chi connectivity index (χ0) is 20.1. The molecule has 0 spiro atoms. The summed E-state index contributed by atoms with van der Waals surface area (Å²) >= 11 is 0. The molecule has 0 saturated carbocycles. The van der Waals surface area contributed by atoms with Crippen molar-refractivity contribution in [2.45, 2.75) is 19.0 Å². The quantitative estimate of drug-likeness (QED) is 0.568. The number of imide groups is 1.